The van der Waals surface area contributed by atoms with Crippen LogP contribution in [0, 0.1) is 11.8 Å². The summed E-state index contributed by atoms with van der Waals surface area (Å²) < 4.78 is 4.09. The van der Waals surface area contributed by atoms with Gasteiger partial charge in [0.1, 0.15) is 0 Å². The predicted octanol–water partition coefficient (Wildman–Crippen LogP) is 3.12. The lowest BCUT2D eigenvalue weighted by atomic mass is 10.0. The Hall–Kier alpha value is -0.920. The van der Waals surface area contributed by atoms with Gasteiger partial charge in [-0.3, -0.25) is 0 Å². The van der Waals surface area contributed by atoms with Crippen molar-refractivity contribution >= 4 is 11.5 Å². The van der Waals surface area contributed by atoms with Gasteiger partial charge < -0.3 is 5.32 Å². The maximum Gasteiger partial charge on any atom is 0.0829 e. The van der Waals surface area contributed by atoms with Crippen LogP contribution in [0.25, 0.3) is 0 Å². The minimum absolute atomic E-state index is 0.346. The monoisotopic (exact) mass is 251 g/mol. The van der Waals surface area contributed by atoms with Gasteiger partial charge in [0, 0.05) is 12.5 Å². The number of hydrogen-bond donors (Lipinski definition) is 1. The van der Waals surface area contributed by atoms with Crippen molar-refractivity contribution in [2.24, 2.45) is 0 Å². The number of nitrogens with zero attached hydrogens (tertiary/aromatic N) is 2. The van der Waals surface area contributed by atoms with Crippen molar-refractivity contribution in [1.82, 2.24) is 14.9 Å². The van der Waals surface area contributed by atoms with Crippen LogP contribution in [0.2, 0.25) is 0 Å². The highest BCUT2D eigenvalue weighted by atomic mass is 32.1. The summed E-state index contributed by atoms with van der Waals surface area (Å²) in [6, 6.07) is 0.346. The molecule has 94 valence electrons. The number of nitrogens with one attached hydrogen (secondary N) is 1. The molecule has 1 unspecified atom stereocenters. The van der Waals surface area contributed by atoms with Gasteiger partial charge in [0.15, 0.2) is 0 Å². The summed E-state index contributed by atoms with van der Waals surface area (Å²) >= 11 is 1.51. The molecule has 0 aliphatic carbocycles. The van der Waals surface area contributed by atoms with Gasteiger partial charge in [0.05, 0.1) is 10.6 Å². The highest BCUT2D eigenvalue weighted by Crippen LogP contribution is 2.28. The summed E-state index contributed by atoms with van der Waals surface area (Å²) in [7, 11) is 0. The van der Waals surface area contributed by atoms with Crippen LogP contribution in [0.4, 0.5) is 0 Å². The summed E-state index contributed by atoms with van der Waals surface area (Å²) in [4.78, 5) is 1.28. The fraction of sp³-hybridized carbons (Fsp3) is 0.692. The molecule has 0 spiro atoms. The first-order valence-electron chi connectivity index (χ1n) is 6.15. The molecule has 0 bridgehead atoms. The van der Waals surface area contributed by atoms with Crippen LogP contribution < -0.4 is 5.32 Å². The maximum atomic E-state index is 4.24. The van der Waals surface area contributed by atoms with Gasteiger partial charge in [-0.1, -0.05) is 25.3 Å². The van der Waals surface area contributed by atoms with Crippen LogP contribution in [0.5, 0.6) is 0 Å². The van der Waals surface area contributed by atoms with Crippen molar-refractivity contribution in [3.63, 3.8) is 0 Å². The smallest absolute Gasteiger partial charge is 0.0829 e. The zero-order chi connectivity index (χ0) is 12.7. The minimum atomic E-state index is 0.346. The third kappa shape index (κ3) is 4.10. The molecule has 17 heavy (non-hydrogen) atoms. The van der Waals surface area contributed by atoms with Crippen LogP contribution in [0.15, 0.2) is 0 Å². The minimum Gasteiger partial charge on any atom is -0.309 e. The number of aromatic nitrogens is 2. The van der Waals surface area contributed by atoms with Crippen LogP contribution >= 0.6 is 11.5 Å². The Labute approximate surface area is 108 Å². The molecule has 4 heteroatoms. The van der Waals surface area contributed by atoms with E-state index in [1.807, 2.05) is 6.92 Å². The molecule has 1 aromatic rings. The van der Waals surface area contributed by atoms with E-state index >= 15 is 0 Å². The molecule has 1 heterocycles. The first-order valence-corrected chi connectivity index (χ1v) is 6.93. The van der Waals surface area contributed by atoms with E-state index in [0.717, 1.165) is 25.1 Å². The van der Waals surface area contributed by atoms with Gasteiger partial charge in [-0.15, -0.1) is 16.9 Å². The van der Waals surface area contributed by atoms with E-state index in [4.69, 9.17) is 0 Å². The molecule has 0 radical (unpaired) electrons. The molecule has 1 aromatic heterocycles. The van der Waals surface area contributed by atoms with E-state index in [9.17, 15) is 0 Å². The van der Waals surface area contributed by atoms with E-state index in [-0.39, 0.29) is 0 Å². The molecule has 0 amide bonds. The standard InChI is InChI=1S/C13H21N3S/c1-5-7-8-9-11(14-6-2)13-12(10(3)4)15-16-17-13/h10-11,14H,6,8-9H2,1-4H3. The van der Waals surface area contributed by atoms with Gasteiger partial charge in [-0.25, -0.2) is 0 Å². The molecule has 1 rings (SSSR count). The fourth-order valence-electron chi connectivity index (χ4n) is 1.76. The van der Waals surface area contributed by atoms with Crippen molar-refractivity contribution in [2.75, 3.05) is 6.54 Å². The van der Waals surface area contributed by atoms with Gasteiger partial charge in [0.2, 0.25) is 0 Å². The van der Waals surface area contributed by atoms with Crippen molar-refractivity contribution in [3.8, 4) is 11.8 Å². The fourth-order valence-corrected chi connectivity index (χ4v) is 2.68. The molecule has 0 aromatic carbocycles. The molecule has 0 fully saturated rings. The Bertz CT molecular complexity index is 387. The Balaban J connectivity index is 2.79. The summed E-state index contributed by atoms with van der Waals surface area (Å²) in [5.41, 5.74) is 1.13. The highest BCUT2D eigenvalue weighted by Gasteiger charge is 2.19. The predicted molar refractivity (Wildman–Crippen MR) is 73.1 cm³/mol. The number of hydrogen-bond acceptors (Lipinski definition) is 4. The van der Waals surface area contributed by atoms with Gasteiger partial charge >= 0.3 is 0 Å². The molecule has 0 aliphatic rings. The molecule has 0 saturated heterocycles. The van der Waals surface area contributed by atoms with Crippen LogP contribution in [0.3, 0.4) is 0 Å². The van der Waals surface area contributed by atoms with Gasteiger partial charge in [-0.05, 0) is 37.3 Å². The van der Waals surface area contributed by atoms with Crippen molar-refractivity contribution in [2.45, 2.75) is 52.5 Å². The van der Waals surface area contributed by atoms with Crippen LogP contribution in [-0.2, 0) is 0 Å². The third-order valence-electron chi connectivity index (χ3n) is 2.59. The van der Waals surface area contributed by atoms with Crippen molar-refractivity contribution < 1.29 is 0 Å². The summed E-state index contributed by atoms with van der Waals surface area (Å²) in [6.45, 7) is 9.29. The van der Waals surface area contributed by atoms with Crippen LogP contribution in [0.1, 0.15) is 63.1 Å². The molecule has 3 nitrogen and oxygen atoms in total. The largest absolute Gasteiger partial charge is 0.309 e. The Morgan fingerprint density at radius 2 is 2.18 bits per heavy atom. The maximum absolute atomic E-state index is 4.24. The lowest BCUT2D eigenvalue weighted by Crippen LogP contribution is -2.21. The second-order valence-electron chi connectivity index (χ2n) is 4.25. The molecule has 1 atom stereocenters. The molecule has 0 aliphatic heterocycles. The molecule has 0 saturated carbocycles. The molecular formula is C13H21N3S. The zero-order valence-corrected chi connectivity index (χ0v) is 11.9. The third-order valence-corrected chi connectivity index (χ3v) is 3.44. The van der Waals surface area contributed by atoms with E-state index in [1.54, 1.807) is 0 Å². The molecular weight excluding hydrogens is 230 g/mol. The molecule has 1 N–H and O–H groups in total. The van der Waals surface area contributed by atoms with E-state index in [1.165, 1.54) is 16.4 Å². The Morgan fingerprint density at radius 3 is 2.76 bits per heavy atom. The lowest BCUT2D eigenvalue weighted by Gasteiger charge is -2.16. The van der Waals surface area contributed by atoms with E-state index in [0.29, 0.717) is 12.0 Å². The zero-order valence-electron chi connectivity index (χ0n) is 11.1. The first kappa shape index (κ1) is 14.1. The van der Waals surface area contributed by atoms with Crippen LogP contribution in [-0.4, -0.2) is 16.1 Å². The Morgan fingerprint density at radius 1 is 1.41 bits per heavy atom. The Kier molecular flexibility index (Phi) is 6.17. The van der Waals surface area contributed by atoms with E-state index < -0.39 is 0 Å². The number of rotatable bonds is 6. The van der Waals surface area contributed by atoms with Crippen molar-refractivity contribution in [3.05, 3.63) is 10.6 Å². The SMILES string of the molecule is CC#CCCC(NCC)c1snnc1C(C)C. The summed E-state index contributed by atoms with van der Waals surface area (Å²) in [5.74, 6) is 6.50. The second-order valence-corrected chi connectivity index (χ2v) is 5.04. The topological polar surface area (TPSA) is 37.8 Å². The second kappa shape index (κ2) is 7.41. The lowest BCUT2D eigenvalue weighted by molar-refractivity contribution is 0.523. The first-order chi connectivity index (χ1) is 8.20. The summed E-state index contributed by atoms with van der Waals surface area (Å²) in [6.07, 6.45) is 1.95. The summed E-state index contributed by atoms with van der Waals surface area (Å²) in [5, 5.41) is 7.74. The normalized spacial score (nSPS) is 12.3. The van der Waals surface area contributed by atoms with Gasteiger partial charge in [-0.2, -0.15) is 0 Å². The quantitative estimate of drug-likeness (QED) is 0.789. The van der Waals surface area contributed by atoms with Gasteiger partial charge in [0.25, 0.3) is 0 Å². The van der Waals surface area contributed by atoms with Crippen molar-refractivity contribution in [1.29, 1.82) is 0 Å². The average Bonchev–Trinajstić information content (AvgIpc) is 2.77. The highest BCUT2D eigenvalue weighted by molar-refractivity contribution is 7.05. The van der Waals surface area contributed by atoms with E-state index in [2.05, 4.69) is 47.5 Å². The average molecular weight is 251 g/mol.